The summed E-state index contributed by atoms with van der Waals surface area (Å²) in [6, 6.07) is 13.8. The standard InChI is InChI=1S/C23H30N2O5S/c1-17-6-8-21(9-7-17)30-16-18(2)24-23(26)19-5-4-14-25(15-19)31(27,28)22-12-10-20(29-3)11-13-22/h6-13,18-19H,4-5,14-16H2,1-3H3,(H,24,26)/t18-,19-/m0/s1. The summed E-state index contributed by atoms with van der Waals surface area (Å²) in [5.74, 6) is 0.816. The minimum absolute atomic E-state index is 0.144. The lowest BCUT2D eigenvalue weighted by atomic mass is 9.98. The van der Waals surface area contributed by atoms with Crippen molar-refractivity contribution in [2.45, 2.75) is 37.6 Å². The maximum absolute atomic E-state index is 13.0. The van der Waals surface area contributed by atoms with Crippen LogP contribution in [0.3, 0.4) is 0 Å². The van der Waals surface area contributed by atoms with Crippen LogP contribution in [0.2, 0.25) is 0 Å². The van der Waals surface area contributed by atoms with E-state index in [-0.39, 0.29) is 29.3 Å². The van der Waals surface area contributed by atoms with Crippen LogP contribution >= 0.6 is 0 Å². The molecule has 0 aromatic heterocycles. The zero-order chi connectivity index (χ0) is 22.4. The van der Waals surface area contributed by atoms with E-state index in [1.165, 1.54) is 23.5 Å². The molecule has 31 heavy (non-hydrogen) atoms. The molecule has 2 aromatic carbocycles. The zero-order valence-corrected chi connectivity index (χ0v) is 19.0. The first-order valence-electron chi connectivity index (χ1n) is 10.4. The highest BCUT2D eigenvalue weighted by Gasteiger charge is 2.33. The molecular weight excluding hydrogens is 416 g/mol. The van der Waals surface area contributed by atoms with Gasteiger partial charge in [0.1, 0.15) is 18.1 Å². The quantitative estimate of drug-likeness (QED) is 0.674. The second-order valence-corrected chi connectivity index (χ2v) is 9.85. The van der Waals surface area contributed by atoms with E-state index in [0.29, 0.717) is 31.7 Å². The van der Waals surface area contributed by atoms with E-state index in [9.17, 15) is 13.2 Å². The molecule has 2 atom stereocenters. The van der Waals surface area contributed by atoms with Crippen molar-refractivity contribution in [3.63, 3.8) is 0 Å². The van der Waals surface area contributed by atoms with E-state index in [0.717, 1.165) is 11.3 Å². The highest BCUT2D eigenvalue weighted by atomic mass is 32.2. The van der Waals surface area contributed by atoms with Gasteiger partial charge in [0.2, 0.25) is 15.9 Å². The molecule has 1 aliphatic rings. The molecule has 3 rings (SSSR count). The van der Waals surface area contributed by atoms with Gasteiger partial charge in [0.25, 0.3) is 0 Å². The summed E-state index contributed by atoms with van der Waals surface area (Å²) in [7, 11) is -2.13. The monoisotopic (exact) mass is 446 g/mol. The van der Waals surface area contributed by atoms with E-state index in [2.05, 4.69) is 5.32 Å². The Labute approximate surface area is 184 Å². The fraction of sp³-hybridized carbons (Fsp3) is 0.435. The van der Waals surface area contributed by atoms with Crippen LogP contribution in [0.4, 0.5) is 0 Å². The van der Waals surface area contributed by atoms with Crippen LogP contribution in [0.15, 0.2) is 53.4 Å². The topological polar surface area (TPSA) is 84.9 Å². The van der Waals surface area contributed by atoms with E-state index < -0.39 is 10.0 Å². The number of hydrogen-bond acceptors (Lipinski definition) is 5. The van der Waals surface area contributed by atoms with Gasteiger partial charge in [-0.15, -0.1) is 0 Å². The van der Waals surface area contributed by atoms with Gasteiger partial charge < -0.3 is 14.8 Å². The second kappa shape index (κ2) is 10.2. The number of ether oxygens (including phenoxy) is 2. The summed E-state index contributed by atoms with van der Waals surface area (Å²) in [5, 5.41) is 2.96. The Morgan fingerprint density at radius 1 is 1.13 bits per heavy atom. The molecule has 0 spiro atoms. The molecule has 1 heterocycles. The Bertz CT molecular complexity index is 974. The molecule has 8 heteroatoms. The molecule has 168 valence electrons. The summed E-state index contributed by atoms with van der Waals surface area (Å²) in [6.07, 6.45) is 1.30. The number of nitrogens with zero attached hydrogens (tertiary/aromatic N) is 1. The summed E-state index contributed by atoms with van der Waals surface area (Å²) >= 11 is 0. The van der Waals surface area contributed by atoms with Gasteiger partial charge in [-0.1, -0.05) is 17.7 Å². The minimum atomic E-state index is -3.66. The number of carbonyl (C=O) groups excluding carboxylic acids is 1. The summed E-state index contributed by atoms with van der Waals surface area (Å²) in [5.41, 5.74) is 1.15. The number of nitrogens with one attached hydrogen (secondary N) is 1. The van der Waals surface area contributed by atoms with Crippen molar-refractivity contribution in [1.29, 1.82) is 0 Å². The van der Waals surface area contributed by atoms with Crippen molar-refractivity contribution in [1.82, 2.24) is 9.62 Å². The average Bonchev–Trinajstić information content (AvgIpc) is 2.78. The van der Waals surface area contributed by atoms with Crippen molar-refractivity contribution < 1.29 is 22.7 Å². The van der Waals surface area contributed by atoms with Crippen LogP contribution in [0, 0.1) is 12.8 Å². The van der Waals surface area contributed by atoms with Crippen LogP contribution in [-0.2, 0) is 14.8 Å². The van der Waals surface area contributed by atoms with Gasteiger partial charge in [-0.2, -0.15) is 4.31 Å². The SMILES string of the molecule is COc1ccc(S(=O)(=O)N2CCC[C@H](C(=O)N[C@@H](C)COc3ccc(C)cc3)C2)cc1. The van der Waals surface area contributed by atoms with Gasteiger partial charge in [0, 0.05) is 13.1 Å². The number of aryl methyl sites for hydroxylation is 1. The van der Waals surface area contributed by atoms with Gasteiger partial charge in [-0.25, -0.2) is 8.42 Å². The third kappa shape index (κ3) is 5.98. The third-order valence-corrected chi connectivity index (χ3v) is 7.24. The zero-order valence-electron chi connectivity index (χ0n) is 18.2. The van der Waals surface area contributed by atoms with Crippen molar-refractivity contribution in [3.8, 4) is 11.5 Å². The molecule has 7 nitrogen and oxygen atoms in total. The normalized spacial score (nSPS) is 18.2. The summed E-state index contributed by atoms with van der Waals surface area (Å²) < 4.78 is 38.2. The van der Waals surface area contributed by atoms with E-state index >= 15 is 0 Å². The molecule has 1 fully saturated rings. The Hall–Kier alpha value is -2.58. The summed E-state index contributed by atoms with van der Waals surface area (Å²) in [6.45, 7) is 4.81. The molecule has 0 radical (unpaired) electrons. The van der Waals surface area contributed by atoms with Crippen LogP contribution in [-0.4, -0.2) is 51.5 Å². The van der Waals surface area contributed by atoms with Crippen LogP contribution in [0.5, 0.6) is 11.5 Å². The molecule has 0 saturated carbocycles. The Morgan fingerprint density at radius 2 is 1.77 bits per heavy atom. The van der Waals surface area contributed by atoms with Crippen LogP contribution in [0.25, 0.3) is 0 Å². The number of methoxy groups -OCH3 is 1. The van der Waals surface area contributed by atoms with Gasteiger partial charge in [0.15, 0.2) is 0 Å². The van der Waals surface area contributed by atoms with Gasteiger partial charge >= 0.3 is 0 Å². The molecule has 1 N–H and O–H groups in total. The van der Waals surface area contributed by atoms with Crippen molar-refractivity contribution in [3.05, 3.63) is 54.1 Å². The number of rotatable bonds is 8. The fourth-order valence-corrected chi connectivity index (χ4v) is 5.05. The number of sulfonamides is 1. The molecule has 1 aliphatic heterocycles. The number of carbonyl (C=O) groups is 1. The Balaban J connectivity index is 1.56. The lowest BCUT2D eigenvalue weighted by Gasteiger charge is -2.31. The largest absolute Gasteiger partial charge is 0.497 e. The van der Waals surface area contributed by atoms with Crippen LogP contribution in [0.1, 0.15) is 25.3 Å². The molecular formula is C23H30N2O5S. The first kappa shape index (κ1) is 23.1. The minimum Gasteiger partial charge on any atom is -0.497 e. The number of hydrogen-bond donors (Lipinski definition) is 1. The average molecular weight is 447 g/mol. The van der Waals surface area contributed by atoms with Gasteiger partial charge in [0.05, 0.1) is 24.0 Å². The third-order valence-electron chi connectivity index (χ3n) is 5.36. The maximum atomic E-state index is 13.0. The highest BCUT2D eigenvalue weighted by molar-refractivity contribution is 7.89. The molecule has 2 aromatic rings. The molecule has 1 amide bonds. The predicted molar refractivity (Wildman–Crippen MR) is 119 cm³/mol. The first-order valence-corrected chi connectivity index (χ1v) is 11.9. The molecule has 1 saturated heterocycles. The van der Waals surface area contributed by atoms with Crippen molar-refractivity contribution in [2.75, 3.05) is 26.8 Å². The predicted octanol–water partition coefficient (Wildman–Crippen LogP) is 2.99. The molecule has 0 aliphatic carbocycles. The highest BCUT2D eigenvalue weighted by Crippen LogP contribution is 2.25. The lowest BCUT2D eigenvalue weighted by Crippen LogP contribution is -2.48. The first-order chi connectivity index (χ1) is 14.8. The smallest absolute Gasteiger partial charge is 0.243 e. The second-order valence-electron chi connectivity index (χ2n) is 7.91. The van der Waals surface area contributed by atoms with E-state index in [4.69, 9.17) is 9.47 Å². The number of benzene rings is 2. The summed E-state index contributed by atoms with van der Waals surface area (Å²) in [4.78, 5) is 13.0. The molecule has 0 unspecified atom stereocenters. The number of piperidine rings is 1. The van der Waals surface area contributed by atoms with Gasteiger partial charge in [-0.05, 0) is 63.1 Å². The van der Waals surface area contributed by atoms with Crippen molar-refractivity contribution in [2.24, 2.45) is 5.92 Å². The van der Waals surface area contributed by atoms with E-state index in [1.54, 1.807) is 12.1 Å². The van der Waals surface area contributed by atoms with Gasteiger partial charge in [-0.3, -0.25) is 4.79 Å². The van der Waals surface area contributed by atoms with E-state index in [1.807, 2.05) is 38.1 Å². The Kier molecular flexibility index (Phi) is 7.56. The van der Waals surface area contributed by atoms with Crippen molar-refractivity contribution >= 4 is 15.9 Å². The Morgan fingerprint density at radius 3 is 2.42 bits per heavy atom. The fourth-order valence-electron chi connectivity index (χ4n) is 3.53. The number of amides is 1. The molecule has 0 bridgehead atoms. The van der Waals surface area contributed by atoms with Crippen LogP contribution < -0.4 is 14.8 Å². The maximum Gasteiger partial charge on any atom is 0.243 e. The lowest BCUT2D eigenvalue weighted by molar-refractivity contribution is -0.126.